The zero-order valence-corrected chi connectivity index (χ0v) is 12.7. The lowest BCUT2D eigenvalue weighted by Crippen LogP contribution is -2.39. The number of para-hydroxylation sites is 1. The normalized spacial score (nSPS) is 11.2. The number of aryl methyl sites for hydroxylation is 1. The van der Waals surface area contributed by atoms with Crippen molar-refractivity contribution in [2.75, 3.05) is 10.8 Å². The average Bonchev–Trinajstić information content (AvgIpc) is 2.46. The quantitative estimate of drug-likeness (QED) is 0.911. The molecule has 0 atom stereocenters. The van der Waals surface area contributed by atoms with Gasteiger partial charge in [0.05, 0.1) is 10.6 Å². The van der Waals surface area contributed by atoms with Crippen LogP contribution in [-0.2, 0) is 14.8 Å². The van der Waals surface area contributed by atoms with Gasteiger partial charge in [-0.1, -0.05) is 29.8 Å². The molecular weight excluding hydrogens is 307 g/mol. The number of rotatable bonds is 5. The van der Waals surface area contributed by atoms with Gasteiger partial charge in [0.15, 0.2) is 0 Å². The van der Waals surface area contributed by atoms with E-state index in [2.05, 4.69) is 0 Å². The van der Waals surface area contributed by atoms with Crippen LogP contribution < -0.4 is 10.0 Å². The number of primary amides is 1. The lowest BCUT2D eigenvalue weighted by molar-refractivity contribution is -0.116. The monoisotopic (exact) mass is 322 g/mol. The Bertz CT molecular complexity index is 789. The molecule has 0 spiro atoms. The van der Waals surface area contributed by atoms with E-state index in [9.17, 15) is 17.6 Å². The van der Waals surface area contributed by atoms with E-state index in [0.717, 1.165) is 11.6 Å². The molecule has 0 aromatic heterocycles. The van der Waals surface area contributed by atoms with Crippen molar-refractivity contribution in [2.45, 2.75) is 11.8 Å². The van der Waals surface area contributed by atoms with E-state index in [1.807, 2.05) is 6.92 Å². The van der Waals surface area contributed by atoms with E-state index >= 15 is 0 Å². The molecule has 0 bridgehead atoms. The molecule has 0 radical (unpaired) electrons. The van der Waals surface area contributed by atoms with E-state index in [0.29, 0.717) is 4.31 Å². The van der Waals surface area contributed by atoms with Crippen LogP contribution in [0.3, 0.4) is 0 Å². The molecule has 0 heterocycles. The van der Waals surface area contributed by atoms with Crippen molar-refractivity contribution in [1.82, 2.24) is 0 Å². The summed E-state index contributed by atoms with van der Waals surface area (Å²) in [6.45, 7) is 1.17. The van der Waals surface area contributed by atoms with Crippen LogP contribution in [-0.4, -0.2) is 20.9 Å². The first kappa shape index (κ1) is 16.0. The van der Waals surface area contributed by atoms with Gasteiger partial charge in [0.1, 0.15) is 12.4 Å². The largest absolute Gasteiger partial charge is 0.368 e. The molecule has 2 aromatic rings. The number of anilines is 1. The summed E-state index contributed by atoms with van der Waals surface area (Å²) >= 11 is 0. The second kappa shape index (κ2) is 6.15. The topological polar surface area (TPSA) is 80.5 Å². The van der Waals surface area contributed by atoms with Crippen molar-refractivity contribution >= 4 is 21.6 Å². The first-order valence-electron chi connectivity index (χ1n) is 6.44. The number of sulfonamides is 1. The summed E-state index contributed by atoms with van der Waals surface area (Å²) in [6, 6.07) is 11.4. The number of hydrogen-bond donors (Lipinski definition) is 1. The number of nitrogens with two attached hydrogens (primary N) is 1. The van der Waals surface area contributed by atoms with Gasteiger partial charge in [-0.15, -0.1) is 0 Å². The number of nitrogens with zero attached hydrogens (tertiary/aromatic N) is 1. The molecule has 0 saturated heterocycles. The highest BCUT2D eigenvalue weighted by Gasteiger charge is 2.28. The van der Waals surface area contributed by atoms with Crippen LogP contribution in [0.15, 0.2) is 53.4 Å². The van der Waals surface area contributed by atoms with Gasteiger partial charge in [-0.25, -0.2) is 12.8 Å². The van der Waals surface area contributed by atoms with E-state index in [1.54, 1.807) is 12.1 Å². The summed E-state index contributed by atoms with van der Waals surface area (Å²) in [5.74, 6) is -1.63. The molecule has 2 N–H and O–H groups in total. The van der Waals surface area contributed by atoms with E-state index in [1.165, 1.54) is 30.3 Å². The zero-order chi connectivity index (χ0) is 16.3. The lowest BCUT2D eigenvalue weighted by Gasteiger charge is -2.23. The van der Waals surface area contributed by atoms with Crippen molar-refractivity contribution in [1.29, 1.82) is 0 Å². The number of halogens is 1. The molecule has 22 heavy (non-hydrogen) atoms. The Hall–Kier alpha value is -2.41. The average molecular weight is 322 g/mol. The summed E-state index contributed by atoms with van der Waals surface area (Å²) in [7, 11) is -4.10. The molecule has 2 rings (SSSR count). The summed E-state index contributed by atoms with van der Waals surface area (Å²) in [6.07, 6.45) is 0. The van der Waals surface area contributed by atoms with Gasteiger partial charge in [-0.3, -0.25) is 9.10 Å². The predicted octanol–water partition coefficient (Wildman–Crippen LogP) is 1.81. The minimum Gasteiger partial charge on any atom is -0.368 e. The summed E-state index contributed by atoms with van der Waals surface area (Å²) < 4.78 is 40.0. The highest BCUT2D eigenvalue weighted by Crippen LogP contribution is 2.26. The third-order valence-corrected chi connectivity index (χ3v) is 4.80. The van der Waals surface area contributed by atoms with Crippen molar-refractivity contribution in [3.8, 4) is 0 Å². The Kier molecular flexibility index (Phi) is 4.46. The molecule has 1 amide bonds. The molecule has 0 aliphatic carbocycles. The Balaban J connectivity index is 2.56. The first-order chi connectivity index (χ1) is 10.3. The molecule has 0 saturated carbocycles. The Morgan fingerprint density at radius 2 is 1.73 bits per heavy atom. The standard InChI is InChI=1S/C15H15FN2O3S/c1-11-6-8-12(9-7-11)22(20,21)18(10-15(17)19)14-5-3-2-4-13(14)16/h2-9H,10H2,1H3,(H2,17,19). The van der Waals surface area contributed by atoms with Gasteiger partial charge in [0, 0.05) is 0 Å². The van der Waals surface area contributed by atoms with Crippen LogP contribution in [0.2, 0.25) is 0 Å². The maximum absolute atomic E-state index is 13.9. The van der Waals surface area contributed by atoms with Gasteiger partial charge in [0.2, 0.25) is 5.91 Å². The Morgan fingerprint density at radius 1 is 1.14 bits per heavy atom. The second-order valence-corrected chi connectivity index (χ2v) is 6.60. The van der Waals surface area contributed by atoms with Crippen molar-refractivity contribution < 1.29 is 17.6 Å². The van der Waals surface area contributed by atoms with Gasteiger partial charge < -0.3 is 5.73 Å². The molecule has 0 fully saturated rings. The smallest absolute Gasteiger partial charge is 0.264 e. The number of carbonyl (C=O) groups excluding carboxylic acids is 1. The highest BCUT2D eigenvalue weighted by atomic mass is 32.2. The molecule has 116 valence electrons. The SMILES string of the molecule is Cc1ccc(S(=O)(=O)N(CC(N)=O)c2ccccc2F)cc1. The summed E-state index contributed by atoms with van der Waals surface area (Å²) in [5, 5.41) is 0. The molecule has 7 heteroatoms. The number of hydrogen-bond acceptors (Lipinski definition) is 3. The zero-order valence-electron chi connectivity index (χ0n) is 11.9. The van der Waals surface area contributed by atoms with Gasteiger partial charge in [0.25, 0.3) is 10.0 Å². The third kappa shape index (κ3) is 3.25. The highest BCUT2D eigenvalue weighted by molar-refractivity contribution is 7.92. The predicted molar refractivity (Wildman–Crippen MR) is 81.3 cm³/mol. The van der Waals surface area contributed by atoms with Gasteiger partial charge in [-0.05, 0) is 31.2 Å². The lowest BCUT2D eigenvalue weighted by atomic mass is 10.2. The maximum Gasteiger partial charge on any atom is 0.264 e. The fraction of sp³-hybridized carbons (Fsp3) is 0.133. The summed E-state index contributed by atoms with van der Waals surface area (Å²) in [5.41, 5.74) is 5.77. The van der Waals surface area contributed by atoms with Crippen LogP contribution >= 0.6 is 0 Å². The van der Waals surface area contributed by atoms with Crippen molar-refractivity contribution in [2.24, 2.45) is 5.73 Å². The first-order valence-corrected chi connectivity index (χ1v) is 7.88. The molecular formula is C15H15FN2O3S. The fourth-order valence-corrected chi connectivity index (χ4v) is 3.37. The van der Waals surface area contributed by atoms with E-state index in [-0.39, 0.29) is 10.6 Å². The number of carbonyl (C=O) groups is 1. The summed E-state index contributed by atoms with van der Waals surface area (Å²) in [4.78, 5) is 11.2. The number of benzene rings is 2. The molecule has 5 nitrogen and oxygen atoms in total. The second-order valence-electron chi connectivity index (χ2n) is 4.74. The molecule has 0 aliphatic rings. The third-order valence-electron chi connectivity index (χ3n) is 3.03. The fourth-order valence-electron chi connectivity index (χ4n) is 1.93. The minimum atomic E-state index is -4.10. The Labute approximate surface area is 128 Å². The van der Waals surface area contributed by atoms with Crippen LogP contribution in [0, 0.1) is 12.7 Å². The molecule has 2 aromatic carbocycles. The van der Waals surface area contributed by atoms with Crippen LogP contribution in [0.4, 0.5) is 10.1 Å². The van der Waals surface area contributed by atoms with Crippen molar-refractivity contribution in [3.63, 3.8) is 0 Å². The van der Waals surface area contributed by atoms with E-state index in [4.69, 9.17) is 5.73 Å². The Morgan fingerprint density at radius 3 is 2.27 bits per heavy atom. The van der Waals surface area contributed by atoms with Crippen LogP contribution in [0.5, 0.6) is 0 Å². The molecule has 0 aliphatic heterocycles. The minimum absolute atomic E-state index is 0.0393. The maximum atomic E-state index is 13.9. The number of amides is 1. The van der Waals surface area contributed by atoms with Crippen LogP contribution in [0.25, 0.3) is 0 Å². The molecule has 0 unspecified atom stereocenters. The van der Waals surface area contributed by atoms with Crippen LogP contribution in [0.1, 0.15) is 5.56 Å². The van der Waals surface area contributed by atoms with Gasteiger partial charge in [-0.2, -0.15) is 0 Å². The van der Waals surface area contributed by atoms with E-state index < -0.39 is 28.3 Å². The van der Waals surface area contributed by atoms with Crippen molar-refractivity contribution in [3.05, 3.63) is 59.9 Å². The van der Waals surface area contributed by atoms with Gasteiger partial charge >= 0.3 is 0 Å².